The second-order valence-corrected chi connectivity index (χ2v) is 8.51. The molecule has 0 radical (unpaired) electrons. The lowest BCUT2D eigenvalue weighted by Crippen LogP contribution is -2.45. The molecule has 0 fully saturated rings. The molecule has 2 unspecified atom stereocenters. The Labute approximate surface area is 210 Å². The number of carboxylic acids is 1. The van der Waals surface area contributed by atoms with Crippen molar-refractivity contribution in [2.24, 2.45) is 0 Å². The first-order valence-corrected chi connectivity index (χ1v) is 11.8. The van der Waals surface area contributed by atoms with Crippen LogP contribution in [-0.4, -0.2) is 41.5 Å². The van der Waals surface area contributed by atoms with E-state index < -0.39 is 23.9 Å². The number of amides is 1. The van der Waals surface area contributed by atoms with Crippen molar-refractivity contribution in [3.8, 4) is 11.1 Å². The van der Waals surface area contributed by atoms with Gasteiger partial charge in [0, 0.05) is 20.1 Å². The third kappa shape index (κ3) is 6.43. The van der Waals surface area contributed by atoms with Crippen molar-refractivity contribution in [3.63, 3.8) is 0 Å². The molecule has 0 aliphatic heterocycles. The summed E-state index contributed by atoms with van der Waals surface area (Å²) in [6.45, 7) is 2.18. The number of hydrogen-bond acceptors (Lipinski definition) is 4. The molecular weight excluding hydrogens is 461 g/mol. The number of carbonyl (C=O) groups is 3. The maximum atomic E-state index is 13.5. The van der Waals surface area contributed by atoms with E-state index in [1.54, 1.807) is 24.3 Å². The van der Waals surface area contributed by atoms with Crippen molar-refractivity contribution in [3.05, 3.63) is 95.3 Å². The first kappa shape index (κ1) is 26.8. The third-order valence-corrected chi connectivity index (χ3v) is 6.10. The average Bonchev–Trinajstić information content (AvgIpc) is 2.90. The van der Waals surface area contributed by atoms with E-state index in [-0.39, 0.29) is 18.0 Å². The fourth-order valence-corrected chi connectivity index (χ4v) is 4.16. The van der Waals surface area contributed by atoms with Crippen LogP contribution < -0.4 is 0 Å². The number of carbonyl (C=O) groups excluding carboxylic acids is 2. The van der Waals surface area contributed by atoms with Gasteiger partial charge >= 0.3 is 5.97 Å². The van der Waals surface area contributed by atoms with E-state index in [2.05, 4.69) is 0 Å². The average molecular weight is 492 g/mol. The van der Waals surface area contributed by atoms with Crippen molar-refractivity contribution >= 4 is 18.2 Å². The van der Waals surface area contributed by atoms with Gasteiger partial charge in [0.15, 0.2) is 0 Å². The molecule has 36 heavy (non-hydrogen) atoms. The zero-order chi connectivity index (χ0) is 26.1. The Kier molecular flexibility index (Phi) is 9.47. The van der Waals surface area contributed by atoms with Crippen molar-refractivity contribution in [2.45, 2.75) is 44.9 Å². The van der Waals surface area contributed by atoms with Crippen LogP contribution in [0.3, 0.4) is 0 Å². The second kappa shape index (κ2) is 12.7. The van der Waals surface area contributed by atoms with Crippen molar-refractivity contribution in [2.75, 3.05) is 7.11 Å². The summed E-state index contributed by atoms with van der Waals surface area (Å²) in [5.74, 6) is -2.38. The molecule has 0 bridgehead atoms. The number of aldehydes is 1. The molecule has 0 aromatic heterocycles. The van der Waals surface area contributed by atoms with Gasteiger partial charge in [0.1, 0.15) is 18.3 Å². The van der Waals surface area contributed by atoms with Crippen LogP contribution in [-0.2, 0) is 20.9 Å². The van der Waals surface area contributed by atoms with E-state index >= 15 is 0 Å². The SMILES string of the molecule is CCCCC(=O)N(Cc1ccc(-c2ccccc2C(=O)O)cc1)C(OC)C(C=O)c1ccc(F)cc1. The predicted octanol–water partition coefficient (Wildman–Crippen LogP) is 5.66. The minimum absolute atomic E-state index is 0.155. The topological polar surface area (TPSA) is 83.9 Å². The van der Waals surface area contributed by atoms with Gasteiger partial charge in [-0.3, -0.25) is 4.79 Å². The normalized spacial score (nSPS) is 12.5. The first-order valence-electron chi connectivity index (χ1n) is 11.8. The molecule has 0 aliphatic rings. The van der Waals surface area contributed by atoms with Crippen LogP contribution in [0.15, 0.2) is 72.8 Å². The number of methoxy groups -OCH3 is 1. The molecule has 188 valence electrons. The smallest absolute Gasteiger partial charge is 0.336 e. The van der Waals surface area contributed by atoms with Crippen molar-refractivity contribution in [1.29, 1.82) is 0 Å². The van der Waals surface area contributed by atoms with E-state index in [0.29, 0.717) is 30.3 Å². The summed E-state index contributed by atoms with van der Waals surface area (Å²) < 4.78 is 19.1. The molecule has 0 heterocycles. The minimum Gasteiger partial charge on any atom is -0.478 e. The van der Waals surface area contributed by atoms with Crippen molar-refractivity contribution < 1.29 is 28.6 Å². The number of benzene rings is 3. The van der Waals surface area contributed by atoms with Crippen LogP contribution in [0.5, 0.6) is 0 Å². The molecular formula is C29H30FNO5. The van der Waals surface area contributed by atoms with Crippen LogP contribution in [0, 0.1) is 5.82 Å². The molecule has 0 aliphatic carbocycles. The largest absolute Gasteiger partial charge is 0.478 e. The fraction of sp³-hybridized carbons (Fsp3) is 0.276. The summed E-state index contributed by atoms with van der Waals surface area (Å²) in [6, 6.07) is 19.6. The molecule has 3 aromatic rings. The highest BCUT2D eigenvalue weighted by molar-refractivity contribution is 5.96. The number of unbranched alkanes of at least 4 members (excludes halogenated alkanes) is 1. The summed E-state index contributed by atoms with van der Waals surface area (Å²) in [6.07, 6.45) is 1.66. The molecule has 0 saturated heterocycles. The quantitative estimate of drug-likeness (QED) is 0.261. The maximum absolute atomic E-state index is 13.5. The molecule has 1 amide bonds. The number of nitrogens with zero attached hydrogens (tertiary/aromatic N) is 1. The van der Waals surface area contributed by atoms with E-state index in [9.17, 15) is 23.9 Å². The Morgan fingerprint density at radius 3 is 2.28 bits per heavy atom. The molecule has 0 spiro atoms. The van der Waals surface area contributed by atoms with Gasteiger partial charge in [-0.15, -0.1) is 0 Å². The summed E-state index contributed by atoms with van der Waals surface area (Å²) in [5, 5.41) is 9.50. The van der Waals surface area contributed by atoms with Gasteiger partial charge in [-0.1, -0.05) is 67.9 Å². The van der Waals surface area contributed by atoms with Crippen LogP contribution >= 0.6 is 0 Å². The summed E-state index contributed by atoms with van der Waals surface area (Å²) in [5.41, 5.74) is 2.88. The minimum atomic E-state index is -1.01. The van der Waals surface area contributed by atoms with E-state index in [1.165, 1.54) is 36.3 Å². The lowest BCUT2D eigenvalue weighted by molar-refractivity contribution is -0.148. The Bertz CT molecular complexity index is 1180. The molecule has 2 atom stereocenters. The Morgan fingerprint density at radius 1 is 1.03 bits per heavy atom. The summed E-state index contributed by atoms with van der Waals surface area (Å²) in [7, 11) is 1.44. The highest BCUT2D eigenvalue weighted by Crippen LogP contribution is 2.28. The first-order chi connectivity index (χ1) is 17.4. The number of rotatable bonds is 12. The number of hydrogen-bond donors (Lipinski definition) is 1. The number of halogens is 1. The molecule has 3 rings (SSSR count). The van der Waals surface area contributed by atoms with Gasteiger partial charge in [-0.2, -0.15) is 0 Å². The number of ether oxygens (including phenoxy) is 1. The van der Waals surface area contributed by atoms with Gasteiger partial charge in [0.25, 0.3) is 0 Å². The van der Waals surface area contributed by atoms with E-state index in [4.69, 9.17) is 4.74 Å². The third-order valence-electron chi connectivity index (χ3n) is 6.10. The highest BCUT2D eigenvalue weighted by Gasteiger charge is 2.32. The maximum Gasteiger partial charge on any atom is 0.336 e. The number of aromatic carboxylic acids is 1. The summed E-state index contributed by atoms with van der Waals surface area (Å²) >= 11 is 0. The van der Waals surface area contributed by atoms with Gasteiger partial charge in [0.05, 0.1) is 11.5 Å². The molecule has 7 heteroatoms. The lowest BCUT2D eigenvalue weighted by atomic mass is 9.96. The monoisotopic (exact) mass is 491 g/mol. The van der Waals surface area contributed by atoms with Crippen LogP contribution in [0.2, 0.25) is 0 Å². The lowest BCUT2D eigenvalue weighted by Gasteiger charge is -2.34. The van der Waals surface area contributed by atoms with Crippen LogP contribution in [0.1, 0.15) is 53.6 Å². The Morgan fingerprint density at radius 2 is 1.69 bits per heavy atom. The summed E-state index contributed by atoms with van der Waals surface area (Å²) in [4.78, 5) is 38.5. The zero-order valence-electron chi connectivity index (χ0n) is 20.4. The molecule has 6 nitrogen and oxygen atoms in total. The molecule has 0 saturated carbocycles. The Balaban J connectivity index is 1.92. The molecule has 3 aromatic carbocycles. The fourth-order valence-electron chi connectivity index (χ4n) is 4.16. The standard InChI is InChI=1S/C29H30FNO5/c1-3-4-9-27(33)31(28(36-2)26(19-32)22-14-16-23(30)17-15-22)18-20-10-12-21(13-11-20)24-7-5-6-8-25(24)29(34)35/h5-8,10-17,19,26,28H,3-4,9,18H2,1-2H3,(H,34,35). The van der Waals surface area contributed by atoms with Gasteiger partial charge in [-0.05, 0) is 46.9 Å². The van der Waals surface area contributed by atoms with Crippen molar-refractivity contribution in [1.82, 2.24) is 4.90 Å². The van der Waals surface area contributed by atoms with Gasteiger partial charge in [0.2, 0.25) is 5.91 Å². The van der Waals surface area contributed by atoms with Crippen LogP contribution in [0.4, 0.5) is 4.39 Å². The van der Waals surface area contributed by atoms with E-state index in [1.807, 2.05) is 31.2 Å². The Hall–Kier alpha value is -3.84. The van der Waals surface area contributed by atoms with Gasteiger partial charge < -0.3 is 19.5 Å². The highest BCUT2D eigenvalue weighted by atomic mass is 19.1. The van der Waals surface area contributed by atoms with E-state index in [0.717, 1.165) is 17.5 Å². The molecule has 1 N–H and O–H groups in total. The second-order valence-electron chi connectivity index (χ2n) is 8.51. The predicted molar refractivity (Wildman–Crippen MR) is 135 cm³/mol. The van der Waals surface area contributed by atoms with Crippen LogP contribution in [0.25, 0.3) is 11.1 Å². The zero-order valence-corrected chi connectivity index (χ0v) is 20.4. The number of carboxylic acid groups (broad SMARTS) is 1. The van der Waals surface area contributed by atoms with Gasteiger partial charge in [-0.25, -0.2) is 9.18 Å².